The first kappa shape index (κ1) is 15.4. The quantitative estimate of drug-likeness (QED) is 0.681. The van der Waals surface area contributed by atoms with Gasteiger partial charge in [-0.3, -0.25) is 19.8 Å². The molecule has 0 aliphatic carbocycles. The van der Waals surface area contributed by atoms with Crippen molar-refractivity contribution in [1.29, 1.82) is 0 Å². The smallest absolute Gasteiger partial charge is 0.310 e. The number of nitro groups is 1. The molecule has 2 unspecified atom stereocenters. The average Bonchev–Trinajstić information content (AvgIpc) is 2.82. The van der Waals surface area contributed by atoms with E-state index in [0.29, 0.717) is 25.1 Å². The number of aryl methyl sites for hydroxylation is 1. The van der Waals surface area contributed by atoms with Crippen LogP contribution in [-0.2, 0) is 4.79 Å². The molecule has 1 aliphatic rings. The minimum Gasteiger partial charge on any atom is -0.481 e. The first-order chi connectivity index (χ1) is 9.74. The molecule has 0 spiro atoms. The van der Waals surface area contributed by atoms with Gasteiger partial charge >= 0.3 is 5.97 Å². The van der Waals surface area contributed by atoms with Crippen molar-refractivity contribution < 1.29 is 14.8 Å². The van der Waals surface area contributed by atoms with Crippen molar-refractivity contribution in [2.75, 3.05) is 13.1 Å². The van der Waals surface area contributed by atoms with Gasteiger partial charge in [0.1, 0.15) is 0 Å². The summed E-state index contributed by atoms with van der Waals surface area (Å²) in [4.78, 5) is 24.0. The number of nitrogens with zero attached hydrogens (tertiary/aromatic N) is 2. The predicted molar refractivity (Wildman–Crippen MR) is 78.2 cm³/mol. The third-order valence-corrected chi connectivity index (χ3v) is 4.48. The van der Waals surface area contributed by atoms with Crippen LogP contribution < -0.4 is 0 Å². The summed E-state index contributed by atoms with van der Waals surface area (Å²) in [5.41, 5.74) is 0.861. The molecule has 6 heteroatoms. The topological polar surface area (TPSA) is 83.7 Å². The van der Waals surface area contributed by atoms with Crippen LogP contribution in [0.1, 0.15) is 37.4 Å². The molecule has 1 aromatic carbocycles. The van der Waals surface area contributed by atoms with Gasteiger partial charge in [-0.2, -0.15) is 0 Å². The average molecular weight is 292 g/mol. The molecule has 0 bridgehead atoms. The summed E-state index contributed by atoms with van der Waals surface area (Å²) in [6.45, 7) is 6.57. The third-order valence-electron chi connectivity index (χ3n) is 4.48. The zero-order chi connectivity index (χ0) is 15.8. The number of rotatable bonds is 4. The highest BCUT2D eigenvalue weighted by Gasteiger charge is 2.42. The maximum Gasteiger partial charge on any atom is 0.310 e. The highest BCUT2D eigenvalue weighted by Crippen LogP contribution is 2.36. The Morgan fingerprint density at radius 2 is 2.19 bits per heavy atom. The van der Waals surface area contributed by atoms with E-state index in [2.05, 4.69) is 4.90 Å². The lowest BCUT2D eigenvalue weighted by molar-refractivity contribution is -0.385. The van der Waals surface area contributed by atoms with Crippen LogP contribution >= 0.6 is 0 Å². The van der Waals surface area contributed by atoms with Crippen LogP contribution in [0.15, 0.2) is 18.2 Å². The molecule has 1 saturated heterocycles. The Hall–Kier alpha value is -1.95. The van der Waals surface area contributed by atoms with Crippen molar-refractivity contribution in [1.82, 2.24) is 4.90 Å². The van der Waals surface area contributed by atoms with Crippen molar-refractivity contribution in [2.45, 2.75) is 33.2 Å². The number of hydrogen-bond donors (Lipinski definition) is 1. The van der Waals surface area contributed by atoms with E-state index in [0.717, 1.165) is 5.56 Å². The number of aliphatic carboxylic acids is 1. The number of nitro benzene ring substituents is 1. The summed E-state index contributed by atoms with van der Waals surface area (Å²) in [6.07, 6.45) is 0.598. The van der Waals surface area contributed by atoms with Crippen LogP contribution in [0.5, 0.6) is 0 Å². The van der Waals surface area contributed by atoms with E-state index in [1.807, 2.05) is 13.0 Å². The van der Waals surface area contributed by atoms with Gasteiger partial charge in [0.05, 0.1) is 10.3 Å². The monoisotopic (exact) mass is 292 g/mol. The van der Waals surface area contributed by atoms with Gasteiger partial charge in [0, 0.05) is 24.2 Å². The Labute approximate surface area is 123 Å². The van der Waals surface area contributed by atoms with Gasteiger partial charge in [0.25, 0.3) is 5.69 Å². The molecule has 1 fully saturated rings. The fraction of sp³-hybridized carbons (Fsp3) is 0.533. The third kappa shape index (κ3) is 2.90. The molecule has 6 nitrogen and oxygen atoms in total. The summed E-state index contributed by atoms with van der Waals surface area (Å²) in [7, 11) is 0. The fourth-order valence-corrected chi connectivity index (χ4v) is 2.80. The second-order valence-electron chi connectivity index (χ2n) is 6.07. The first-order valence-electron chi connectivity index (χ1n) is 6.97. The standard InChI is InChI=1S/C15H20N2O4/c1-10-4-5-12(8-13(10)17(20)21)11(2)16-7-6-15(3,9-16)14(18)19/h4-5,8,11H,6-7,9H2,1-3H3,(H,18,19). The number of carboxylic acids is 1. The van der Waals surface area contributed by atoms with Gasteiger partial charge in [-0.25, -0.2) is 0 Å². The Bertz CT molecular complexity index is 587. The summed E-state index contributed by atoms with van der Waals surface area (Å²) >= 11 is 0. The van der Waals surface area contributed by atoms with Crippen LogP contribution in [0.2, 0.25) is 0 Å². The lowest BCUT2D eigenvalue weighted by atomic mass is 9.90. The predicted octanol–water partition coefficient (Wildman–Crippen LogP) is 2.76. The molecule has 0 radical (unpaired) electrons. The SMILES string of the molecule is Cc1ccc(C(C)N2CCC(C)(C(=O)O)C2)cc1[N+](=O)[O-]. The Balaban J connectivity index is 2.22. The molecule has 1 aromatic rings. The van der Waals surface area contributed by atoms with E-state index in [-0.39, 0.29) is 16.7 Å². The highest BCUT2D eigenvalue weighted by molar-refractivity contribution is 5.74. The number of carboxylic acid groups (broad SMARTS) is 1. The summed E-state index contributed by atoms with van der Waals surface area (Å²) in [5, 5.41) is 20.3. The van der Waals surface area contributed by atoms with E-state index in [9.17, 15) is 20.0 Å². The van der Waals surface area contributed by atoms with Crippen LogP contribution in [0.4, 0.5) is 5.69 Å². The highest BCUT2D eigenvalue weighted by atomic mass is 16.6. The van der Waals surface area contributed by atoms with E-state index < -0.39 is 11.4 Å². The number of carbonyl (C=O) groups is 1. The number of likely N-dealkylation sites (tertiary alicyclic amines) is 1. The van der Waals surface area contributed by atoms with E-state index in [4.69, 9.17) is 0 Å². The minimum absolute atomic E-state index is 0.0366. The molecule has 114 valence electrons. The summed E-state index contributed by atoms with van der Waals surface area (Å²) in [6, 6.07) is 5.18. The Morgan fingerprint density at radius 3 is 2.71 bits per heavy atom. The molecule has 21 heavy (non-hydrogen) atoms. The Kier molecular flexibility index (Phi) is 4.00. The normalized spacial score (nSPS) is 24.0. The maximum absolute atomic E-state index is 11.3. The van der Waals surface area contributed by atoms with Crippen molar-refractivity contribution in [3.05, 3.63) is 39.4 Å². The molecular formula is C15H20N2O4. The van der Waals surface area contributed by atoms with Crippen molar-refractivity contribution in [3.8, 4) is 0 Å². The van der Waals surface area contributed by atoms with Gasteiger partial charge in [-0.15, -0.1) is 0 Å². The largest absolute Gasteiger partial charge is 0.481 e. The number of hydrogen-bond acceptors (Lipinski definition) is 4. The fourth-order valence-electron chi connectivity index (χ4n) is 2.80. The Morgan fingerprint density at radius 1 is 1.52 bits per heavy atom. The van der Waals surface area contributed by atoms with Crippen LogP contribution in [0, 0.1) is 22.5 Å². The molecule has 2 atom stereocenters. The summed E-state index contributed by atoms with van der Waals surface area (Å²) in [5.74, 6) is -0.785. The molecule has 1 heterocycles. The molecule has 1 N–H and O–H groups in total. The molecule has 0 amide bonds. The second-order valence-corrected chi connectivity index (χ2v) is 6.07. The number of benzene rings is 1. The lowest BCUT2D eigenvalue weighted by Crippen LogP contribution is -2.32. The molecule has 0 saturated carbocycles. The van der Waals surface area contributed by atoms with E-state index in [1.165, 1.54) is 0 Å². The maximum atomic E-state index is 11.3. The van der Waals surface area contributed by atoms with Crippen molar-refractivity contribution in [2.24, 2.45) is 5.41 Å². The second kappa shape index (κ2) is 5.44. The van der Waals surface area contributed by atoms with E-state index >= 15 is 0 Å². The first-order valence-corrected chi connectivity index (χ1v) is 6.97. The zero-order valence-corrected chi connectivity index (χ0v) is 12.5. The van der Waals surface area contributed by atoms with Crippen molar-refractivity contribution >= 4 is 11.7 Å². The van der Waals surface area contributed by atoms with Gasteiger partial charge in [0.15, 0.2) is 0 Å². The van der Waals surface area contributed by atoms with Gasteiger partial charge in [-0.05, 0) is 39.3 Å². The molecule has 2 rings (SSSR count). The molecule has 1 aliphatic heterocycles. The summed E-state index contributed by atoms with van der Waals surface area (Å²) < 4.78 is 0. The van der Waals surface area contributed by atoms with E-state index in [1.54, 1.807) is 26.0 Å². The van der Waals surface area contributed by atoms with Gasteiger partial charge in [-0.1, -0.05) is 12.1 Å². The lowest BCUT2D eigenvalue weighted by Gasteiger charge is -2.26. The molecular weight excluding hydrogens is 272 g/mol. The molecule has 0 aromatic heterocycles. The van der Waals surface area contributed by atoms with Crippen molar-refractivity contribution in [3.63, 3.8) is 0 Å². The minimum atomic E-state index is -0.785. The van der Waals surface area contributed by atoms with Crippen LogP contribution in [-0.4, -0.2) is 34.0 Å². The zero-order valence-electron chi connectivity index (χ0n) is 12.5. The van der Waals surface area contributed by atoms with Gasteiger partial charge in [0.2, 0.25) is 0 Å². The van der Waals surface area contributed by atoms with Gasteiger partial charge < -0.3 is 5.11 Å². The van der Waals surface area contributed by atoms with Crippen LogP contribution in [0.3, 0.4) is 0 Å². The van der Waals surface area contributed by atoms with Crippen LogP contribution in [0.25, 0.3) is 0 Å².